The maximum absolute atomic E-state index is 14.3. The normalized spacial score (nSPS) is 23.4. The third-order valence-electron chi connectivity index (χ3n) is 5.87. The van der Waals surface area contributed by atoms with Crippen molar-refractivity contribution in [2.45, 2.75) is 51.7 Å². The van der Waals surface area contributed by atoms with E-state index in [1.807, 2.05) is 6.92 Å². The van der Waals surface area contributed by atoms with Crippen LogP contribution in [-0.4, -0.2) is 23.8 Å². The fourth-order valence-electron chi connectivity index (χ4n) is 4.30. The molecule has 0 saturated carbocycles. The van der Waals surface area contributed by atoms with E-state index in [0.29, 0.717) is 5.56 Å². The first-order valence-corrected chi connectivity index (χ1v) is 10.8. The zero-order chi connectivity index (χ0) is 22.7. The van der Waals surface area contributed by atoms with E-state index in [1.54, 1.807) is 0 Å². The van der Waals surface area contributed by atoms with Crippen LogP contribution in [0, 0.1) is 18.7 Å². The maximum Gasteiger partial charge on any atom is 0.341 e. The van der Waals surface area contributed by atoms with Gasteiger partial charge in [-0.15, -0.1) is 0 Å². The molecule has 4 atom stereocenters. The van der Waals surface area contributed by atoms with Gasteiger partial charge in [0.15, 0.2) is 6.61 Å². The third kappa shape index (κ3) is 5.28. The van der Waals surface area contributed by atoms with Gasteiger partial charge in [-0.25, -0.2) is 9.18 Å². The van der Waals surface area contributed by atoms with Crippen molar-refractivity contribution < 1.29 is 23.8 Å². The Kier molecular flexibility index (Phi) is 7.39. The van der Waals surface area contributed by atoms with Gasteiger partial charge in [-0.1, -0.05) is 60.5 Å². The number of benzene rings is 2. The molecule has 3 rings (SSSR count). The molecular formula is C25H28ClFO4. The number of rotatable bonds is 7. The molecule has 0 spiro atoms. The summed E-state index contributed by atoms with van der Waals surface area (Å²) in [6.45, 7) is 9.62. The maximum atomic E-state index is 14.3. The van der Waals surface area contributed by atoms with Gasteiger partial charge in [-0.05, 0) is 44.4 Å². The Morgan fingerprint density at radius 3 is 2.58 bits per heavy atom. The number of carboxylic acids is 1. The quantitative estimate of drug-likeness (QED) is 0.495. The summed E-state index contributed by atoms with van der Waals surface area (Å²) in [6.07, 6.45) is 0.902. The predicted molar refractivity (Wildman–Crippen MR) is 119 cm³/mol. The fourth-order valence-corrected chi connectivity index (χ4v) is 4.57. The summed E-state index contributed by atoms with van der Waals surface area (Å²) in [7, 11) is 0. The monoisotopic (exact) mass is 446 g/mol. The van der Waals surface area contributed by atoms with E-state index in [0.717, 1.165) is 24.5 Å². The Bertz CT molecular complexity index is 957. The van der Waals surface area contributed by atoms with Crippen LogP contribution in [0.2, 0.25) is 5.02 Å². The molecule has 31 heavy (non-hydrogen) atoms. The highest BCUT2D eigenvalue weighted by atomic mass is 35.5. The molecule has 0 aliphatic carbocycles. The minimum Gasteiger partial charge on any atom is -0.480 e. The van der Waals surface area contributed by atoms with Crippen LogP contribution in [0.4, 0.5) is 4.39 Å². The summed E-state index contributed by atoms with van der Waals surface area (Å²) in [5, 5.41) is 9.06. The largest absolute Gasteiger partial charge is 0.480 e. The Morgan fingerprint density at radius 2 is 2.00 bits per heavy atom. The molecule has 0 radical (unpaired) electrons. The molecule has 1 fully saturated rings. The molecule has 1 aliphatic rings. The van der Waals surface area contributed by atoms with Gasteiger partial charge in [0, 0.05) is 17.4 Å². The van der Waals surface area contributed by atoms with Gasteiger partial charge < -0.3 is 14.6 Å². The van der Waals surface area contributed by atoms with Crippen LogP contribution >= 0.6 is 11.6 Å². The van der Waals surface area contributed by atoms with Gasteiger partial charge in [0.05, 0.1) is 17.2 Å². The molecule has 0 aromatic heterocycles. The summed E-state index contributed by atoms with van der Waals surface area (Å²) >= 11 is 6.24. The zero-order valence-corrected chi connectivity index (χ0v) is 18.8. The number of halogens is 2. The van der Waals surface area contributed by atoms with Crippen LogP contribution < -0.4 is 4.74 Å². The number of carbonyl (C=O) groups is 1. The Morgan fingerprint density at radius 1 is 1.32 bits per heavy atom. The molecule has 0 amide bonds. The first-order valence-electron chi connectivity index (χ1n) is 10.4. The van der Waals surface area contributed by atoms with Gasteiger partial charge in [-0.3, -0.25) is 0 Å². The molecule has 1 saturated heterocycles. The first kappa shape index (κ1) is 23.3. The van der Waals surface area contributed by atoms with E-state index in [1.165, 1.54) is 17.2 Å². The fraction of sp³-hybridized carbons (Fsp3) is 0.400. The minimum absolute atomic E-state index is 0.0222. The third-order valence-corrected chi connectivity index (χ3v) is 6.15. The van der Waals surface area contributed by atoms with E-state index in [9.17, 15) is 9.18 Å². The van der Waals surface area contributed by atoms with Crippen molar-refractivity contribution in [2.24, 2.45) is 5.92 Å². The van der Waals surface area contributed by atoms with Crippen LogP contribution in [0.3, 0.4) is 0 Å². The second-order valence-electron chi connectivity index (χ2n) is 8.20. The van der Waals surface area contributed by atoms with Crippen molar-refractivity contribution in [3.05, 3.63) is 76.1 Å². The molecule has 2 aromatic carbocycles. The van der Waals surface area contributed by atoms with Crippen molar-refractivity contribution in [1.82, 2.24) is 0 Å². The highest BCUT2D eigenvalue weighted by Crippen LogP contribution is 2.50. The van der Waals surface area contributed by atoms with Crippen molar-refractivity contribution in [3.63, 3.8) is 0 Å². The van der Waals surface area contributed by atoms with Gasteiger partial charge in [0.2, 0.25) is 0 Å². The van der Waals surface area contributed by atoms with Crippen LogP contribution in [0.15, 0.2) is 48.6 Å². The van der Waals surface area contributed by atoms with Crippen molar-refractivity contribution >= 4 is 17.6 Å². The van der Waals surface area contributed by atoms with Crippen molar-refractivity contribution in [3.8, 4) is 5.75 Å². The molecule has 0 bridgehead atoms. The highest BCUT2D eigenvalue weighted by Gasteiger charge is 2.40. The van der Waals surface area contributed by atoms with Crippen LogP contribution in [0.25, 0.3) is 0 Å². The molecule has 2 aromatic rings. The van der Waals surface area contributed by atoms with Gasteiger partial charge >= 0.3 is 5.97 Å². The number of aliphatic carboxylic acids is 1. The Balaban J connectivity index is 2.02. The van der Waals surface area contributed by atoms with Crippen LogP contribution in [-0.2, 0) is 9.53 Å². The lowest BCUT2D eigenvalue weighted by molar-refractivity contribution is -0.139. The second kappa shape index (κ2) is 9.84. The summed E-state index contributed by atoms with van der Waals surface area (Å²) in [5.41, 5.74) is 3.71. The number of carboxylic acid groups (broad SMARTS) is 1. The molecule has 1 heterocycles. The molecule has 0 unspecified atom stereocenters. The molecule has 166 valence electrons. The zero-order valence-electron chi connectivity index (χ0n) is 18.0. The molecular weight excluding hydrogens is 419 g/mol. The lowest BCUT2D eigenvalue weighted by Gasteiger charge is -2.43. The number of hydrogen-bond donors (Lipinski definition) is 1. The molecule has 1 N–H and O–H groups in total. The number of ether oxygens (including phenoxy) is 2. The van der Waals surface area contributed by atoms with Crippen LogP contribution in [0.1, 0.15) is 55.4 Å². The van der Waals surface area contributed by atoms with E-state index < -0.39 is 24.5 Å². The average Bonchev–Trinajstić information content (AvgIpc) is 2.72. The van der Waals surface area contributed by atoms with Gasteiger partial charge in [-0.2, -0.15) is 0 Å². The van der Waals surface area contributed by atoms with Gasteiger partial charge in [0.1, 0.15) is 11.6 Å². The predicted octanol–water partition coefficient (Wildman–Crippen LogP) is 6.47. The Hall–Kier alpha value is -2.37. The first-order chi connectivity index (χ1) is 14.7. The lowest BCUT2D eigenvalue weighted by atomic mass is 9.75. The lowest BCUT2D eigenvalue weighted by Crippen LogP contribution is -2.36. The molecule has 4 nitrogen and oxygen atoms in total. The standard InChI is InChI=1S/C25H28ClFO4/c1-5-22-19(16-8-6-15(4)7-9-16)12-18(14(2)3)24(31-22)20-10-17(27)11-21(26)25(20)30-13-23(28)29/h6-11,18-19,22,24H,2,5,12-13H2,1,3-4H3,(H,28,29)/t18-,19-,22+,24+/m1/s1. The molecule has 6 heteroatoms. The summed E-state index contributed by atoms with van der Waals surface area (Å²) in [4.78, 5) is 11.0. The minimum atomic E-state index is -1.14. The van der Waals surface area contributed by atoms with E-state index in [4.69, 9.17) is 26.2 Å². The highest BCUT2D eigenvalue weighted by molar-refractivity contribution is 6.32. The van der Waals surface area contributed by atoms with E-state index >= 15 is 0 Å². The van der Waals surface area contributed by atoms with E-state index in [2.05, 4.69) is 44.7 Å². The van der Waals surface area contributed by atoms with E-state index in [-0.39, 0.29) is 28.7 Å². The van der Waals surface area contributed by atoms with Crippen molar-refractivity contribution in [1.29, 1.82) is 0 Å². The van der Waals surface area contributed by atoms with Crippen LogP contribution in [0.5, 0.6) is 5.75 Å². The smallest absolute Gasteiger partial charge is 0.341 e. The SMILES string of the molecule is C=C(C)[C@H]1C[C@H](c2ccc(C)cc2)[C@H](CC)O[C@@H]1c1cc(F)cc(Cl)c1OCC(=O)O. The summed E-state index contributed by atoms with van der Waals surface area (Å²) in [6, 6.07) is 10.9. The second-order valence-corrected chi connectivity index (χ2v) is 8.60. The Labute approximate surface area is 187 Å². The number of aryl methyl sites for hydroxylation is 1. The summed E-state index contributed by atoms with van der Waals surface area (Å²) in [5.74, 6) is -1.47. The molecule has 1 aliphatic heterocycles. The van der Waals surface area contributed by atoms with Gasteiger partial charge in [0.25, 0.3) is 0 Å². The topological polar surface area (TPSA) is 55.8 Å². The summed E-state index contributed by atoms with van der Waals surface area (Å²) < 4.78 is 26.3. The number of hydrogen-bond acceptors (Lipinski definition) is 3. The average molecular weight is 447 g/mol. The van der Waals surface area contributed by atoms with Crippen molar-refractivity contribution in [2.75, 3.05) is 6.61 Å².